The van der Waals surface area contributed by atoms with E-state index in [0.717, 1.165) is 41.8 Å². The number of hydrogen-bond acceptors (Lipinski definition) is 6. The third kappa shape index (κ3) is 7.93. The van der Waals surface area contributed by atoms with Crippen molar-refractivity contribution in [2.45, 2.75) is 71.7 Å². The lowest BCUT2D eigenvalue weighted by Crippen LogP contribution is -2.50. The molecule has 2 unspecified atom stereocenters. The Bertz CT molecular complexity index is 1550. The minimum absolute atomic E-state index is 0.00270. The van der Waals surface area contributed by atoms with Gasteiger partial charge in [-0.2, -0.15) is 14.6 Å². The summed E-state index contributed by atoms with van der Waals surface area (Å²) in [7, 11) is -0.682. The van der Waals surface area contributed by atoms with Crippen LogP contribution in [0.3, 0.4) is 0 Å². The van der Waals surface area contributed by atoms with Crippen LogP contribution < -0.4 is 10.6 Å². The molecule has 0 radical (unpaired) electrons. The number of hydrogen-bond donors (Lipinski definition) is 2. The van der Waals surface area contributed by atoms with Gasteiger partial charge in [0.05, 0.1) is 12.3 Å². The van der Waals surface area contributed by atoms with Crippen molar-refractivity contribution in [2.24, 2.45) is 17.8 Å². The highest BCUT2D eigenvalue weighted by Crippen LogP contribution is 2.51. The van der Waals surface area contributed by atoms with E-state index >= 15 is 4.39 Å². The Balaban J connectivity index is 1.32. The molecular weight excluding hydrogens is 619 g/mol. The van der Waals surface area contributed by atoms with Gasteiger partial charge in [-0.1, -0.05) is 0 Å². The van der Waals surface area contributed by atoms with Gasteiger partial charge in [0, 0.05) is 28.8 Å². The molecule has 3 heterocycles. The van der Waals surface area contributed by atoms with Crippen LogP contribution in [0.25, 0.3) is 11.1 Å². The van der Waals surface area contributed by atoms with Crippen LogP contribution in [0, 0.1) is 37.5 Å². The van der Waals surface area contributed by atoms with Crippen LogP contribution in [0.2, 0.25) is 0 Å². The first kappa shape index (κ1) is 34.0. The van der Waals surface area contributed by atoms with Crippen molar-refractivity contribution in [1.29, 1.82) is 0 Å². The van der Waals surface area contributed by atoms with Crippen molar-refractivity contribution in [3.63, 3.8) is 0 Å². The van der Waals surface area contributed by atoms with Crippen molar-refractivity contribution in [2.75, 3.05) is 36.4 Å². The number of nitrogens with zero attached hydrogens (tertiary/aromatic N) is 5. The number of halogens is 3. The van der Waals surface area contributed by atoms with Crippen LogP contribution >= 0.6 is 10.0 Å². The predicted octanol–water partition coefficient (Wildman–Crippen LogP) is 5.57. The molecule has 0 aliphatic heterocycles. The lowest BCUT2D eigenvalue weighted by atomic mass is 9.88. The van der Waals surface area contributed by atoms with Gasteiger partial charge in [-0.3, -0.25) is 14.3 Å². The third-order valence-electron chi connectivity index (χ3n) is 8.74. The first-order valence-electron chi connectivity index (χ1n) is 15.6. The van der Waals surface area contributed by atoms with Gasteiger partial charge in [0.25, 0.3) is 12.3 Å². The van der Waals surface area contributed by atoms with Crippen LogP contribution in [0.1, 0.15) is 60.5 Å². The molecule has 3 aromatic heterocycles. The monoisotopic (exact) mass is 663 g/mol. The largest absolute Gasteiger partial charge is 0.358 e. The van der Waals surface area contributed by atoms with Gasteiger partial charge >= 0.3 is 0 Å². The lowest BCUT2D eigenvalue weighted by Gasteiger charge is -2.27. The summed E-state index contributed by atoms with van der Waals surface area (Å²) in [6.45, 7) is 5.78. The fourth-order valence-electron chi connectivity index (χ4n) is 5.94. The topological polar surface area (TPSA) is 116 Å². The highest BCUT2D eigenvalue weighted by molar-refractivity contribution is 8.32. The maximum atomic E-state index is 15.5. The van der Waals surface area contributed by atoms with Crippen LogP contribution in [-0.2, 0) is 16.3 Å². The summed E-state index contributed by atoms with van der Waals surface area (Å²) in [5.41, 5.74) is 2.16. The molecule has 2 fully saturated rings. The molecule has 2 amide bonds. The highest BCUT2D eigenvalue weighted by atomic mass is 32.3. The second kappa shape index (κ2) is 13.8. The van der Waals surface area contributed by atoms with Gasteiger partial charge in [0.1, 0.15) is 30.3 Å². The molecule has 0 aromatic carbocycles. The maximum absolute atomic E-state index is 15.5. The Kier molecular flexibility index (Phi) is 10.2. The van der Waals surface area contributed by atoms with Crippen molar-refractivity contribution in [1.82, 2.24) is 29.9 Å². The lowest BCUT2D eigenvalue weighted by molar-refractivity contribution is -0.119. The van der Waals surface area contributed by atoms with E-state index in [1.54, 1.807) is 17.7 Å². The number of amides is 2. The Hall–Kier alpha value is -3.39. The molecule has 0 bridgehead atoms. The van der Waals surface area contributed by atoms with Crippen molar-refractivity contribution >= 4 is 27.7 Å². The van der Waals surface area contributed by atoms with Gasteiger partial charge in [0.2, 0.25) is 11.9 Å². The molecule has 46 heavy (non-hydrogen) atoms. The molecule has 0 saturated heterocycles. The molecule has 2 N–H and O–H groups in total. The Morgan fingerprint density at radius 2 is 1.76 bits per heavy atom. The Labute approximate surface area is 269 Å². The first-order chi connectivity index (χ1) is 21.7. The second-order valence-corrected chi connectivity index (χ2v) is 17.9. The fourth-order valence-corrected chi connectivity index (χ4v) is 6.55. The zero-order valence-electron chi connectivity index (χ0n) is 27.2. The number of aryl methyl sites for hydroxylation is 1. The van der Waals surface area contributed by atoms with E-state index < -0.39 is 46.3 Å². The smallest absolute Gasteiger partial charge is 0.270 e. The highest BCUT2D eigenvalue weighted by Gasteiger charge is 2.48. The average molecular weight is 664 g/mol. The molecule has 2 atom stereocenters. The Morgan fingerprint density at radius 3 is 2.35 bits per heavy atom. The zero-order valence-corrected chi connectivity index (χ0v) is 28.0. The van der Waals surface area contributed by atoms with E-state index in [-0.39, 0.29) is 41.6 Å². The predicted molar refractivity (Wildman–Crippen MR) is 173 cm³/mol. The molecule has 2 aliphatic carbocycles. The third-order valence-corrected chi connectivity index (χ3v) is 10.1. The summed E-state index contributed by atoms with van der Waals surface area (Å²) < 4.78 is 50.9. The molecule has 5 rings (SSSR count). The summed E-state index contributed by atoms with van der Waals surface area (Å²) in [5, 5.41) is 14.0. The molecule has 0 spiro atoms. The van der Waals surface area contributed by atoms with Crippen LogP contribution in [0.15, 0.2) is 24.4 Å². The number of carbonyl (C=O) groups is 2. The molecule has 10 nitrogen and oxygen atoms in total. The van der Waals surface area contributed by atoms with Gasteiger partial charge in [-0.25, -0.2) is 28.5 Å². The second-order valence-electron chi connectivity index (χ2n) is 13.3. The van der Waals surface area contributed by atoms with E-state index in [1.165, 1.54) is 25.3 Å². The standard InChI is InChI=1S/C32H44F3N7O3S/c1-18-26(19(2)41(40-18)17-45-15-16-46(4,5)6)23-11-12-25(37-30(23)35)38-32(44)28(27(21-7-8-21)22-9-10-22)39-31(43)24-13-14-36-42(24)20(3)29(33)34/h11-14,20-22,27-29H,7-10,15-17H2,1-6H3,(H,39,43)(H,37,38,44). The van der Waals surface area contributed by atoms with Gasteiger partial charge in [0.15, 0.2) is 0 Å². The summed E-state index contributed by atoms with van der Waals surface area (Å²) in [6.07, 6.45) is 9.01. The SMILES string of the molecule is Cc1nn(COCCS(C)(C)C)c(C)c1-c1ccc(NC(=O)C(NC(=O)c2ccnn2C(C)C(F)F)C(C2CC2)C2CC2)nc1F. The number of aromatic nitrogens is 5. The summed E-state index contributed by atoms with van der Waals surface area (Å²) in [4.78, 5) is 31.2. The molecule has 252 valence electrons. The van der Waals surface area contributed by atoms with Crippen molar-refractivity contribution < 1.29 is 27.5 Å². The normalized spacial score (nSPS) is 16.9. The van der Waals surface area contributed by atoms with E-state index in [9.17, 15) is 18.4 Å². The number of anilines is 1. The minimum Gasteiger partial charge on any atom is -0.358 e. The molecule has 3 aromatic rings. The van der Waals surface area contributed by atoms with Gasteiger partial charge in [-0.05, 0) is 101 Å². The number of nitrogens with one attached hydrogen (secondary N) is 2. The summed E-state index contributed by atoms with van der Waals surface area (Å²) in [6, 6.07) is 2.16. The first-order valence-corrected chi connectivity index (χ1v) is 18.7. The van der Waals surface area contributed by atoms with Crippen LogP contribution in [0.4, 0.5) is 19.0 Å². The van der Waals surface area contributed by atoms with Gasteiger partial charge in [-0.15, -0.1) is 0 Å². The molecular formula is C32H44F3N7O3S. The molecule has 2 saturated carbocycles. The Morgan fingerprint density at radius 1 is 1.09 bits per heavy atom. The van der Waals surface area contributed by atoms with E-state index in [4.69, 9.17) is 4.74 Å². The summed E-state index contributed by atoms with van der Waals surface area (Å²) >= 11 is 0. The van der Waals surface area contributed by atoms with E-state index in [0.29, 0.717) is 17.9 Å². The van der Waals surface area contributed by atoms with Crippen molar-refractivity contribution in [3.8, 4) is 11.1 Å². The fraction of sp³-hybridized carbons (Fsp3) is 0.594. The van der Waals surface area contributed by atoms with E-state index in [1.807, 2.05) is 6.92 Å². The van der Waals surface area contributed by atoms with Crippen molar-refractivity contribution in [3.05, 3.63) is 47.4 Å². The number of ether oxygens (including phenoxy) is 1. The minimum atomic E-state index is -2.73. The summed E-state index contributed by atoms with van der Waals surface area (Å²) in [5.74, 6) is -0.588. The zero-order chi connectivity index (χ0) is 33.3. The number of carbonyl (C=O) groups excluding carboxylic acids is 2. The van der Waals surface area contributed by atoms with Crippen LogP contribution in [-0.4, -0.2) is 80.0 Å². The number of pyridine rings is 1. The quantitative estimate of drug-likeness (QED) is 0.162. The molecule has 14 heteroatoms. The maximum Gasteiger partial charge on any atom is 0.270 e. The van der Waals surface area contributed by atoms with Gasteiger partial charge < -0.3 is 15.4 Å². The van der Waals surface area contributed by atoms with Crippen LogP contribution in [0.5, 0.6) is 0 Å². The average Bonchev–Trinajstić information content (AvgIpc) is 3.92. The number of alkyl halides is 2. The number of rotatable bonds is 15. The molecule has 2 aliphatic rings. The van der Waals surface area contributed by atoms with E-state index in [2.05, 4.69) is 44.6 Å².